The van der Waals surface area contributed by atoms with Crippen molar-refractivity contribution in [1.82, 2.24) is 4.90 Å². The van der Waals surface area contributed by atoms with Gasteiger partial charge in [-0.05, 0) is 32.1 Å². The molecular weight excluding hydrogens is 238 g/mol. The third kappa shape index (κ3) is 5.20. The lowest BCUT2D eigenvalue weighted by Crippen LogP contribution is -2.20. The Balaban J connectivity index is 0.000000181. The van der Waals surface area contributed by atoms with Gasteiger partial charge in [-0.15, -0.1) is 0 Å². The summed E-state index contributed by atoms with van der Waals surface area (Å²) in [6, 6.07) is 9.44. The fraction of sp³-hybridized carbons (Fsp3) is 0.462. The molecule has 2 rings (SSSR count). The highest BCUT2D eigenvalue weighted by Gasteiger charge is 2.26. The van der Waals surface area contributed by atoms with E-state index < -0.39 is 0 Å². The number of hydrogen-bond acceptors (Lipinski definition) is 3. The van der Waals surface area contributed by atoms with E-state index in [0.717, 1.165) is 24.5 Å². The molecular formula is C13H18ClNO2. The second-order valence-electron chi connectivity index (χ2n) is 4.07. The molecule has 0 spiro atoms. The van der Waals surface area contributed by atoms with Gasteiger partial charge in [0.2, 0.25) is 0 Å². The molecule has 0 radical (unpaired) electrons. The highest BCUT2D eigenvalue weighted by atomic mass is 35.5. The number of esters is 1. The Labute approximate surface area is 107 Å². The number of ether oxygens (including phenoxy) is 1. The van der Waals surface area contributed by atoms with Gasteiger partial charge in [-0.1, -0.05) is 29.8 Å². The molecule has 0 saturated carbocycles. The molecule has 4 heteroatoms. The van der Waals surface area contributed by atoms with Crippen molar-refractivity contribution in [2.24, 2.45) is 5.92 Å². The molecule has 1 aromatic carbocycles. The van der Waals surface area contributed by atoms with Crippen molar-refractivity contribution < 1.29 is 9.53 Å². The number of carbonyl (C=O) groups is 1. The summed E-state index contributed by atoms with van der Waals surface area (Å²) in [6.07, 6.45) is 0.948. The first-order valence-corrected chi connectivity index (χ1v) is 5.98. The van der Waals surface area contributed by atoms with Gasteiger partial charge in [-0.25, -0.2) is 0 Å². The highest BCUT2D eigenvalue weighted by Crippen LogP contribution is 2.14. The van der Waals surface area contributed by atoms with Gasteiger partial charge < -0.3 is 9.64 Å². The quantitative estimate of drug-likeness (QED) is 0.722. The molecule has 0 aliphatic carbocycles. The van der Waals surface area contributed by atoms with Crippen LogP contribution in [0.15, 0.2) is 30.3 Å². The highest BCUT2D eigenvalue weighted by molar-refractivity contribution is 6.30. The zero-order valence-corrected chi connectivity index (χ0v) is 11.0. The van der Waals surface area contributed by atoms with E-state index >= 15 is 0 Å². The summed E-state index contributed by atoms with van der Waals surface area (Å²) >= 11 is 5.54. The largest absolute Gasteiger partial charge is 0.469 e. The van der Waals surface area contributed by atoms with Crippen molar-refractivity contribution in [2.45, 2.75) is 6.42 Å². The second-order valence-corrected chi connectivity index (χ2v) is 4.50. The summed E-state index contributed by atoms with van der Waals surface area (Å²) < 4.78 is 4.62. The van der Waals surface area contributed by atoms with Gasteiger partial charge in [0.1, 0.15) is 0 Å². The van der Waals surface area contributed by atoms with Crippen LogP contribution in [-0.4, -0.2) is 38.1 Å². The second kappa shape index (κ2) is 7.30. The van der Waals surface area contributed by atoms with Gasteiger partial charge in [-0.2, -0.15) is 0 Å². The van der Waals surface area contributed by atoms with E-state index in [1.54, 1.807) is 0 Å². The number of carbonyl (C=O) groups excluding carboxylic acids is 1. The Morgan fingerprint density at radius 1 is 1.41 bits per heavy atom. The van der Waals surface area contributed by atoms with E-state index in [2.05, 4.69) is 9.64 Å². The molecule has 0 amide bonds. The van der Waals surface area contributed by atoms with E-state index in [4.69, 9.17) is 11.6 Å². The third-order valence-electron chi connectivity index (χ3n) is 2.66. The molecule has 1 aromatic rings. The maximum Gasteiger partial charge on any atom is 0.310 e. The van der Waals surface area contributed by atoms with Crippen LogP contribution >= 0.6 is 11.6 Å². The van der Waals surface area contributed by atoms with E-state index in [9.17, 15) is 4.79 Å². The maximum atomic E-state index is 10.9. The smallest absolute Gasteiger partial charge is 0.310 e. The first-order valence-electron chi connectivity index (χ1n) is 5.60. The summed E-state index contributed by atoms with van der Waals surface area (Å²) in [5.74, 6) is 0.0550. The van der Waals surface area contributed by atoms with Crippen LogP contribution in [0.4, 0.5) is 0 Å². The average Bonchev–Trinajstić information content (AvgIpc) is 2.77. The van der Waals surface area contributed by atoms with Gasteiger partial charge in [0.25, 0.3) is 0 Å². The summed E-state index contributed by atoms with van der Waals surface area (Å²) in [7, 11) is 3.46. The van der Waals surface area contributed by atoms with Crippen LogP contribution < -0.4 is 0 Å². The van der Waals surface area contributed by atoms with Crippen LogP contribution in [0.3, 0.4) is 0 Å². The molecule has 0 bridgehead atoms. The Morgan fingerprint density at radius 3 is 2.41 bits per heavy atom. The molecule has 1 saturated heterocycles. The molecule has 0 N–H and O–H groups in total. The van der Waals surface area contributed by atoms with Crippen LogP contribution in [0.5, 0.6) is 0 Å². The SMILES string of the molecule is COC(=O)[C@H]1CCN(C)C1.Clc1ccccc1. The average molecular weight is 256 g/mol. The minimum absolute atomic E-state index is 0.0654. The van der Waals surface area contributed by atoms with Gasteiger partial charge in [0, 0.05) is 11.6 Å². The lowest BCUT2D eigenvalue weighted by molar-refractivity contribution is -0.144. The molecule has 1 aliphatic heterocycles. The number of methoxy groups -OCH3 is 1. The maximum absolute atomic E-state index is 10.9. The lowest BCUT2D eigenvalue weighted by atomic mass is 10.1. The van der Waals surface area contributed by atoms with Crippen LogP contribution in [-0.2, 0) is 9.53 Å². The minimum atomic E-state index is -0.0654. The van der Waals surface area contributed by atoms with Crippen molar-refractivity contribution in [3.05, 3.63) is 35.4 Å². The number of nitrogens with zero attached hydrogens (tertiary/aromatic N) is 1. The summed E-state index contributed by atoms with van der Waals surface area (Å²) in [5, 5.41) is 0.794. The van der Waals surface area contributed by atoms with Crippen LogP contribution in [0.2, 0.25) is 5.02 Å². The van der Waals surface area contributed by atoms with Crippen molar-refractivity contribution >= 4 is 17.6 Å². The summed E-state index contributed by atoms with van der Waals surface area (Å²) in [4.78, 5) is 13.1. The van der Waals surface area contributed by atoms with Gasteiger partial charge in [0.05, 0.1) is 13.0 Å². The standard InChI is InChI=1S/C7H13NO2.C6H5Cl/c1-8-4-3-6(5-8)7(9)10-2;7-6-4-2-1-3-5-6/h6H,3-5H2,1-2H3;1-5H/t6-;/m0./s1. The Bertz CT molecular complexity index is 343. The van der Waals surface area contributed by atoms with E-state index in [-0.39, 0.29) is 11.9 Å². The fourth-order valence-corrected chi connectivity index (χ4v) is 1.85. The van der Waals surface area contributed by atoms with Crippen molar-refractivity contribution in [3.63, 3.8) is 0 Å². The number of hydrogen-bond donors (Lipinski definition) is 0. The Morgan fingerprint density at radius 2 is 2.06 bits per heavy atom. The third-order valence-corrected chi connectivity index (χ3v) is 2.91. The summed E-state index contributed by atoms with van der Waals surface area (Å²) in [5.41, 5.74) is 0. The number of likely N-dealkylation sites (tertiary alicyclic amines) is 1. The molecule has 17 heavy (non-hydrogen) atoms. The van der Waals surface area contributed by atoms with Crippen molar-refractivity contribution in [1.29, 1.82) is 0 Å². The topological polar surface area (TPSA) is 29.5 Å². The Kier molecular flexibility index (Phi) is 6.01. The molecule has 0 aromatic heterocycles. The van der Waals surface area contributed by atoms with Gasteiger partial charge >= 0.3 is 5.97 Å². The molecule has 1 heterocycles. The molecule has 0 unspecified atom stereocenters. The van der Waals surface area contributed by atoms with Crippen LogP contribution in [0.25, 0.3) is 0 Å². The van der Waals surface area contributed by atoms with Crippen LogP contribution in [0, 0.1) is 5.92 Å². The number of rotatable bonds is 1. The number of halogens is 1. The zero-order valence-electron chi connectivity index (χ0n) is 10.2. The van der Waals surface area contributed by atoms with Gasteiger partial charge in [0.15, 0.2) is 0 Å². The van der Waals surface area contributed by atoms with Crippen molar-refractivity contribution in [3.8, 4) is 0 Å². The monoisotopic (exact) mass is 255 g/mol. The molecule has 1 fully saturated rings. The Hall–Kier alpha value is -1.06. The first-order chi connectivity index (χ1) is 8.13. The molecule has 94 valence electrons. The normalized spacial score (nSPS) is 19.4. The predicted molar refractivity (Wildman–Crippen MR) is 69.1 cm³/mol. The van der Waals surface area contributed by atoms with Gasteiger partial charge in [-0.3, -0.25) is 4.79 Å². The first kappa shape index (κ1) is 14.0. The van der Waals surface area contributed by atoms with E-state index in [0.29, 0.717) is 0 Å². The fourth-order valence-electron chi connectivity index (χ4n) is 1.71. The molecule has 1 atom stereocenters. The van der Waals surface area contributed by atoms with E-state index in [1.807, 2.05) is 37.4 Å². The molecule has 1 aliphatic rings. The van der Waals surface area contributed by atoms with Crippen molar-refractivity contribution in [2.75, 3.05) is 27.2 Å². The van der Waals surface area contributed by atoms with E-state index in [1.165, 1.54) is 7.11 Å². The number of benzene rings is 1. The summed E-state index contributed by atoms with van der Waals surface area (Å²) in [6.45, 7) is 1.87. The lowest BCUT2D eigenvalue weighted by Gasteiger charge is -2.06. The molecule has 3 nitrogen and oxygen atoms in total. The zero-order chi connectivity index (χ0) is 12.7. The minimum Gasteiger partial charge on any atom is -0.469 e. The predicted octanol–water partition coefficient (Wildman–Crippen LogP) is 2.45. The van der Waals surface area contributed by atoms with Crippen LogP contribution in [0.1, 0.15) is 6.42 Å².